The molecule has 2 aromatic carbocycles. The third kappa shape index (κ3) is 5.17. The molecule has 10 heteroatoms. The second kappa shape index (κ2) is 9.88. The van der Waals surface area contributed by atoms with Gasteiger partial charge in [0.15, 0.2) is 17.3 Å². The van der Waals surface area contributed by atoms with Crippen LogP contribution < -0.4 is 10.2 Å². The Balaban J connectivity index is 1.53. The maximum absolute atomic E-state index is 12.6. The highest BCUT2D eigenvalue weighted by molar-refractivity contribution is 8.77. The van der Waals surface area contributed by atoms with Crippen molar-refractivity contribution in [1.82, 2.24) is 0 Å². The fourth-order valence-corrected chi connectivity index (χ4v) is 6.60. The summed E-state index contributed by atoms with van der Waals surface area (Å²) in [6, 6.07) is 6.03. The number of hydrogen-bond acceptors (Lipinski definition) is 10. The van der Waals surface area contributed by atoms with E-state index in [1.54, 1.807) is 0 Å². The Labute approximate surface area is 196 Å². The van der Waals surface area contributed by atoms with E-state index in [1.165, 1.54) is 30.4 Å². The summed E-state index contributed by atoms with van der Waals surface area (Å²) in [5.41, 5.74) is -0.876. The van der Waals surface area contributed by atoms with Crippen molar-refractivity contribution < 1.29 is 34.4 Å². The maximum Gasteiger partial charge on any atom is 0.311 e. The average Bonchev–Trinajstić information content (AvgIpc) is 3.29. The number of aromatic hydroxyl groups is 4. The lowest BCUT2D eigenvalue weighted by Crippen LogP contribution is -2.09. The van der Waals surface area contributed by atoms with Crippen LogP contribution in [0.5, 0.6) is 28.7 Å². The first kappa shape index (κ1) is 23.2. The quantitative estimate of drug-likeness (QED) is 0.119. The van der Waals surface area contributed by atoms with Crippen LogP contribution in [0.25, 0.3) is 22.3 Å². The van der Waals surface area contributed by atoms with E-state index >= 15 is 0 Å². The van der Waals surface area contributed by atoms with E-state index in [0.717, 1.165) is 25.0 Å². The van der Waals surface area contributed by atoms with E-state index in [4.69, 9.17) is 9.15 Å². The van der Waals surface area contributed by atoms with Gasteiger partial charge in [0.05, 0.1) is 0 Å². The molecule has 33 heavy (non-hydrogen) atoms. The van der Waals surface area contributed by atoms with Crippen molar-refractivity contribution in [2.45, 2.75) is 37.4 Å². The number of rotatable bonds is 7. The van der Waals surface area contributed by atoms with Crippen LogP contribution in [0, 0.1) is 0 Å². The zero-order valence-electron chi connectivity index (χ0n) is 17.4. The molecule has 174 valence electrons. The molecule has 3 aromatic rings. The lowest BCUT2D eigenvalue weighted by molar-refractivity contribution is -0.134. The van der Waals surface area contributed by atoms with Gasteiger partial charge < -0.3 is 29.6 Å². The number of unbranched alkanes of at least 4 members (excludes halogenated alkanes) is 1. The molecule has 0 amide bonds. The largest absolute Gasteiger partial charge is 0.507 e. The molecule has 4 N–H and O–H groups in total. The standard InChI is InChI=1S/C23H22O8S2/c24-15-6-5-12(9-16(15)25)23-22(29)21(28)20-17(26)10-13(11-18(20)31-23)30-19(27)4-2-1-3-14-7-8-32-33-14/h5-6,9-11,14,24-26,29H,1-4,7-8H2. The highest BCUT2D eigenvalue weighted by Crippen LogP contribution is 2.40. The van der Waals surface area contributed by atoms with E-state index in [1.807, 2.05) is 21.6 Å². The summed E-state index contributed by atoms with van der Waals surface area (Å²) >= 11 is 0. The summed E-state index contributed by atoms with van der Waals surface area (Å²) in [5.74, 6) is -1.69. The van der Waals surface area contributed by atoms with Gasteiger partial charge in [-0.15, -0.1) is 0 Å². The first-order valence-electron chi connectivity index (χ1n) is 10.4. The Hall–Kier alpha value is -2.98. The molecule has 0 saturated carbocycles. The predicted molar refractivity (Wildman–Crippen MR) is 127 cm³/mol. The Morgan fingerprint density at radius 1 is 1.06 bits per heavy atom. The van der Waals surface area contributed by atoms with Crippen LogP contribution in [0.3, 0.4) is 0 Å². The maximum atomic E-state index is 12.6. The summed E-state index contributed by atoms with van der Waals surface area (Å²) in [6.45, 7) is 0. The number of phenols is 3. The van der Waals surface area contributed by atoms with E-state index < -0.39 is 28.6 Å². The zero-order valence-corrected chi connectivity index (χ0v) is 19.1. The number of ether oxygens (including phenoxy) is 1. The molecular weight excluding hydrogens is 468 g/mol. The van der Waals surface area contributed by atoms with E-state index in [0.29, 0.717) is 11.7 Å². The lowest BCUT2D eigenvalue weighted by Gasteiger charge is -2.10. The third-order valence-electron chi connectivity index (χ3n) is 5.28. The molecule has 4 rings (SSSR count). The van der Waals surface area contributed by atoms with Crippen LogP contribution >= 0.6 is 21.6 Å². The minimum Gasteiger partial charge on any atom is -0.507 e. The SMILES string of the molecule is O=C(CCCCC1CCSS1)Oc1cc(O)c2c(=O)c(O)c(-c3ccc(O)c(O)c3)oc2c1. The third-order valence-corrected chi connectivity index (χ3v) is 8.28. The van der Waals surface area contributed by atoms with E-state index in [2.05, 4.69) is 0 Å². The van der Waals surface area contributed by atoms with Crippen molar-refractivity contribution in [3.8, 4) is 40.1 Å². The number of benzene rings is 2. The van der Waals surface area contributed by atoms with Gasteiger partial charge in [-0.3, -0.25) is 9.59 Å². The van der Waals surface area contributed by atoms with Crippen molar-refractivity contribution in [1.29, 1.82) is 0 Å². The second-order valence-electron chi connectivity index (χ2n) is 7.68. The number of fused-ring (bicyclic) bond motifs is 1. The second-order valence-corrected chi connectivity index (χ2v) is 10.5. The van der Waals surface area contributed by atoms with Crippen LogP contribution in [-0.2, 0) is 4.79 Å². The van der Waals surface area contributed by atoms with Crippen LogP contribution in [0.2, 0.25) is 0 Å². The van der Waals surface area contributed by atoms with Crippen LogP contribution in [0.15, 0.2) is 39.5 Å². The first-order chi connectivity index (χ1) is 15.8. The normalized spacial score (nSPS) is 15.7. The van der Waals surface area contributed by atoms with Crippen molar-refractivity contribution in [2.75, 3.05) is 5.75 Å². The van der Waals surface area contributed by atoms with Gasteiger partial charge in [0, 0.05) is 35.1 Å². The van der Waals surface area contributed by atoms with Crippen molar-refractivity contribution in [3.63, 3.8) is 0 Å². The molecule has 1 fully saturated rings. The van der Waals surface area contributed by atoms with Gasteiger partial charge in [0.2, 0.25) is 11.2 Å². The van der Waals surface area contributed by atoms with E-state index in [-0.39, 0.29) is 40.2 Å². The van der Waals surface area contributed by atoms with Gasteiger partial charge in [0.25, 0.3) is 0 Å². The minimum atomic E-state index is -0.892. The Morgan fingerprint density at radius 2 is 1.88 bits per heavy atom. The lowest BCUT2D eigenvalue weighted by atomic mass is 10.1. The van der Waals surface area contributed by atoms with Crippen molar-refractivity contribution in [2.24, 2.45) is 0 Å². The molecule has 8 nitrogen and oxygen atoms in total. The number of carbonyl (C=O) groups is 1. The molecule has 1 unspecified atom stereocenters. The molecule has 0 bridgehead atoms. The van der Waals surface area contributed by atoms with Crippen molar-refractivity contribution in [3.05, 3.63) is 40.6 Å². The molecule has 0 radical (unpaired) electrons. The number of carbonyl (C=O) groups excluding carboxylic acids is 1. The Bertz CT molecular complexity index is 1250. The summed E-state index contributed by atoms with van der Waals surface area (Å²) < 4.78 is 10.9. The summed E-state index contributed by atoms with van der Waals surface area (Å²) in [7, 11) is 3.79. The van der Waals surface area contributed by atoms with E-state index in [9.17, 15) is 30.0 Å². The summed E-state index contributed by atoms with van der Waals surface area (Å²) in [4.78, 5) is 24.9. The molecule has 0 aliphatic carbocycles. The van der Waals surface area contributed by atoms with Crippen LogP contribution in [0.4, 0.5) is 0 Å². The molecule has 0 spiro atoms. The number of hydrogen-bond donors (Lipinski definition) is 4. The molecule has 1 aliphatic rings. The molecule has 1 aromatic heterocycles. The fraction of sp³-hybridized carbons (Fsp3) is 0.304. The van der Waals surface area contributed by atoms with Gasteiger partial charge in [-0.1, -0.05) is 28.0 Å². The van der Waals surface area contributed by atoms with Gasteiger partial charge in [-0.2, -0.15) is 0 Å². The number of phenolic OH excluding ortho intramolecular Hbond substituents is 3. The van der Waals surface area contributed by atoms with Gasteiger partial charge >= 0.3 is 5.97 Å². The fourth-order valence-electron chi connectivity index (χ4n) is 3.57. The Morgan fingerprint density at radius 3 is 2.61 bits per heavy atom. The van der Waals surface area contributed by atoms with Crippen LogP contribution in [-0.4, -0.2) is 37.4 Å². The van der Waals surface area contributed by atoms with Gasteiger partial charge in [0.1, 0.15) is 22.5 Å². The number of esters is 1. The molecule has 2 heterocycles. The topological polar surface area (TPSA) is 137 Å². The highest BCUT2D eigenvalue weighted by Gasteiger charge is 2.21. The predicted octanol–water partition coefficient (Wildman–Crippen LogP) is 4.90. The smallest absolute Gasteiger partial charge is 0.311 e. The average molecular weight is 491 g/mol. The van der Waals surface area contributed by atoms with Crippen molar-refractivity contribution >= 4 is 38.5 Å². The first-order valence-corrected chi connectivity index (χ1v) is 12.8. The van der Waals surface area contributed by atoms with Gasteiger partial charge in [-0.05, 0) is 37.5 Å². The highest BCUT2D eigenvalue weighted by atomic mass is 33.1. The molecule has 1 saturated heterocycles. The molecule has 1 atom stereocenters. The Kier molecular flexibility index (Phi) is 6.94. The minimum absolute atomic E-state index is 0.00101. The molecule has 1 aliphatic heterocycles. The zero-order chi connectivity index (χ0) is 23.5. The molecular formula is C23H22O8S2. The monoisotopic (exact) mass is 490 g/mol. The summed E-state index contributed by atoms with van der Waals surface area (Å²) in [5, 5.41) is 40.2. The summed E-state index contributed by atoms with van der Waals surface area (Å²) in [6.07, 6.45) is 4.10. The van der Waals surface area contributed by atoms with Crippen LogP contribution in [0.1, 0.15) is 32.1 Å². The van der Waals surface area contributed by atoms with Gasteiger partial charge in [-0.25, -0.2) is 0 Å².